The maximum atomic E-state index is 12.3. The molecule has 7 heteroatoms. The molecule has 0 atom stereocenters. The van der Waals surface area contributed by atoms with E-state index in [1.54, 1.807) is 6.07 Å². The first-order chi connectivity index (χ1) is 8.47. The normalized spacial score (nSPS) is 10.6. The molecule has 100 valence electrons. The van der Waals surface area contributed by atoms with E-state index >= 15 is 0 Å². The highest BCUT2D eigenvalue weighted by Crippen LogP contribution is 2.31. The van der Waals surface area contributed by atoms with Crippen LogP contribution in [0, 0.1) is 0 Å². The van der Waals surface area contributed by atoms with Gasteiger partial charge in [0.15, 0.2) is 0 Å². The zero-order valence-electron chi connectivity index (χ0n) is 9.38. The molecule has 0 saturated carbocycles. The Labute approximate surface area is 116 Å². The van der Waals surface area contributed by atoms with Crippen molar-refractivity contribution in [1.82, 2.24) is 0 Å². The Morgan fingerprint density at radius 3 is 2.56 bits per heavy atom. The largest absolute Gasteiger partial charge is 0.469 e. The maximum Gasteiger partial charge on any atom is 0.387 e. The van der Waals surface area contributed by atoms with Crippen LogP contribution >= 0.6 is 27.5 Å². The molecule has 3 nitrogen and oxygen atoms in total. The second kappa shape index (κ2) is 6.89. The van der Waals surface area contributed by atoms with E-state index in [0.717, 1.165) is 0 Å². The summed E-state index contributed by atoms with van der Waals surface area (Å²) in [4.78, 5) is 11.2. The first-order valence-corrected chi connectivity index (χ1v) is 6.19. The summed E-state index contributed by atoms with van der Waals surface area (Å²) in [5.74, 6) is -0.628. The lowest BCUT2D eigenvalue weighted by Gasteiger charge is -2.14. The molecule has 0 aliphatic heterocycles. The fourth-order valence-electron chi connectivity index (χ4n) is 1.41. The minimum Gasteiger partial charge on any atom is -0.469 e. The number of hydrogen-bond donors (Lipinski definition) is 0. The number of alkyl halides is 3. The summed E-state index contributed by atoms with van der Waals surface area (Å²) in [7, 11) is 1.22. The van der Waals surface area contributed by atoms with Crippen molar-refractivity contribution >= 4 is 33.5 Å². The maximum absolute atomic E-state index is 12.3. The molecule has 18 heavy (non-hydrogen) atoms. The Balaban J connectivity index is 3.18. The number of esters is 1. The van der Waals surface area contributed by atoms with E-state index in [0.29, 0.717) is 15.6 Å². The number of methoxy groups -OCH3 is 1. The standard InChI is InChI=1S/C11H10BrClF2O3/c1-17-9(16)4-6-2-8(12)3-7(5-13)10(6)18-11(14)15/h2-3,11H,4-5H2,1H3. The van der Waals surface area contributed by atoms with E-state index in [4.69, 9.17) is 11.6 Å². The van der Waals surface area contributed by atoms with Crippen LogP contribution in [0.5, 0.6) is 5.75 Å². The van der Waals surface area contributed by atoms with Crippen molar-refractivity contribution in [3.05, 3.63) is 27.7 Å². The molecule has 0 spiro atoms. The van der Waals surface area contributed by atoms with Gasteiger partial charge in [-0.2, -0.15) is 8.78 Å². The van der Waals surface area contributed by atoms with Gasteiger partial charge < -0.3 is 9.47 Å². The van der Waals surface area contributed by atoms with Crippen LogP contribution in [0.25, 0.3) is 0 Å². The van der Waals surface area contributed by atoms with Gasteiger partial charge in [-0.05, 0) is 12.1 Å². The molecule has 1 aromatic rings. The fourth-order valence-corrected chi connectivity index (χ4v) is 2.16. The molecule has 1 rings (SSSR count). The van der Waals surface area contributed by atoms with E-state index in [-0.39, 0.29) is 18.1 Å². The highest BCUT2D eigenvalue weighted by molar-refractivity contribution is 9.10. The number of ether oxygens (including phenoxy) is 2. The zero-order valence-corrected chi connectivity index (χ0v) is 11.7. The third-order valence-electron chi connectivity index (χ3n) is 2.12. The molecule has 0 radical (unpaired) electrons. The predicted molar refractivity (Wildman–Crippen MR) is 66.1 cm³/mol. The minimum atomic E-state index is -2.98. The lowest BCUT2D eigenvalue weighted by molar-refractivity contribution is -0.139. The first-order valence-electron chi connectivity index (χ1n) is 4.86. The van der Waals surface area contributed by atoms with Crippen molar-refractivity contribution in [3.8, 4) is 5.75 Å². The van der Waals surface area contributed by atoms with Gasteiger partial charge in [0.2, 0.25) is 0 Å². The van der Waals surface area contributed by atoms with Crippen LogP contribution in [0.3, 0.4) is 0 Å². The van der Waals surface area contributed by atoms with Crippen molar-refractivity contribution in [2.24, 2.45) is 0 Å². The minimum absolute atomic E-state index is 0.00430. The third kappa shape index (κ3) is 4.10. The van der Waals surface area contributed by atoms with Gasteiger partial charge in [-0.1, -0.05) is 15.9 Å². The van der Waals surface area contributed by atoms with E-state index in [1.165, 1.54) is 13.2 Å². The van der Waals surface area contributed by atoms with E-state index in [1.807, 2.05) is 0 Å². The topological polar surface area (TPSA) is 35.5 Å². The Hall–Kier alpha value is -0.880. The summed E-state index contributed by atoms with van der Waals surface area (Å²) in [6.07, 6.45) is -0.165. The van der Waals surface area contributed by atoms with Crippen LogP contribution < -0.4 is 4.74 Å². The van der Waals surface area contributed by atoms with Gasteiger partial charge in [0.1, 0.15) is 5.75 Å². The smallest absolute Gasteiger partial charge is 0.387 e. The highest BCUT2D eigenvalue weighted by atomic mass is 79.9. The Morgan fingerprint density at radius 2 is 2.06 bits per heavy atom. The van der Waals surface area contributed by atoms with Crippen molar-refractivity contribution in [3.63, 3.8) is 0 Å². The SMILES string of the molecule is COC(=O)Cc1cc(Br)cc(CCl)c1OC(F)F. The van der Waals surface area contributed by atoms with E-state index in [2.05, 4.69) is 25.4 Å². The summed E-state index contributed by atoms with van der Waals surface area (Å²) in [6.45, 7) is -2.98. The van der Waals surface area contributed by atoms with Crippen molar-refractivity contribution < 1.29 is 23.0 Å². The monoisotopic (exact) mass is 342 g/mol. The predicted octanol–water partition coefficient (Wildman–Crippen LogP) is 3.50. The average molecular weight is 344 g/mol. The molecule has 0 fully saturated rings. The van der Waals surface area contributed by atoms with Crippen molar-refractivity contribution in [2.75, 3.05) is 7.11 Å². The summed E-state index contributed by atoms with van der Waals surface area (Å²) in [5.41, 5.74) is 0.678. The lowest BCUT2D eigenvalue weighted by atomic mass is 10.1. The number of benzene rings is 1. The molecule has 0 aliphatic rings. The van der Waals surface area contributed by atoms with Gasteiger partial charge in [0, 0.05) is 15.6 Å². The molecular weight excluding hydrogens is 333 g/mol. The van der Waals surface area contributed by atoms with Crippen molar-refractivity contribution in [2.45, 2.75) is 18.9 Å². The van der Waals surface area contributed by atoms with Crippen LogP contribution in [0.1, 0.15) is 11.1 Å². The molecule has 0 amide bonds. The Morgan fingerprint density at radius 1 is 1.44 bits per heavy atom. The second-order valence-electron chi connectivity index (χ2n) is 3.32. The quantitative estimate of drug-likeness (QED) is 0.606. The zero-order chi connectivity index (χ0) is 13.7. The summed E-state index contributed by atoms with van der Waals surface area (Å²) >= 11 is 8.88. The third-order valence-corrected chi connectivity index (χ3v) is 2.87. The van der Waals surface area contributed by atoms with Crippen LogP contribution in [0.2, 0.25) is 0 Å². The van der Waals surface area contributed by atoms with Crippen LogP contribution in [-0.2, 0) is 21.8 Å². The first kappa shape index (κ1) is 15.2. The Kier molecular flexibility index (Phi) is 5.81. The van der Waals surface area contributed by atoms with Crippen LogP contribution in [0.4, 0.5) is 8.78 Å². The van der Waals surface area contributed by atoms with Gasteiger partial charge in [-0.3, -0.25) is 4.79 Å². The average Bonchev–Trinajstić information content (AvgIpc) is 2.31. The van der Waals surface area contributed by atoms with Gasteiger partial charge in [-0.15, -0.1) is 11.6 Å². The van der Waals surface area contributed by atoms with Gasteiger partial charge >= 0.3 is 12.6 Å². The fraction of sp³-hybridized carbons (Fsp3) is 0.364. The lowest BCUT2D eigenvalue weighted by Crippen LogP contribution is -2.11. The van der Waals surface area contributed by atoms with Gasteiger partial charge in [0.25, 0.3) is 0 Å². The number of hydrogen-bond acceptors (Lipinski definition) is 3. The summed E-state index contributed by atoms with van der Waals surface area (Å²) in [5, 5.41) is 0. The number of carbonyl (C=O) groups is 1. The van der Waals surface area contributed by atoms with E-state index < -0.39 is 12.6 Å². The van der Waals surface area contributed by atoms with Crippen LogP contribution in [0.15, 0.2) is 16.6 Å². The van der Waals surface area contributed by atoms with Crippen molar-refractivity contribution in [1.29, 1.82) is 0 Å². The molecule has 0 aliphatic carbocycles. The molecule has 0 saturated heterocycles. The van der Waals surface area contributed by atoms with Crippen LogP contribution in [-0.4, -0.2) is 19.7 Å². The van der Waals surface area contributed by atoms with E-state index in [9.17, 15) is 13.6 Å². The molecule has 0 heterocycles. The molecule has 1 aromatic carbocycles. The molecule has 0 N–H and O–H groups in total. The molecule has 0 bridgehead atoms. The summed E-state index contributed by atoms with van der Waals surface area (Å²) < 4.78 is 34.2. The number of carbonyl (C=O) groups excluding carboxylic acids is 1. The van der Waals surface area contributed by atoms with Gasteiger partial charge in [0.05, 0.1) is 19.4 Å². The Bertz CT molecular complexity index is 441. The van der Waals surface area contributed by atoms with Gasteiger partial charge in [-0.25, -0.2) is 0 Å². The second-order valence-corrected chi connectivity index (χ2v) is 4.50. The number of halogens is 4. The molecule has 0 unspecified atom stereocenters. The highest BCUT2D eigenvalue weighted by Gasteiger charge is 2.17. The summed E-state index contributed by atoms with van der Waals surface area (Å²) in [6, 6.07) is 3.08. The molecule has 0 aromatic heterocycles. The molecular formula is C11H10BrClF2O3. The number of rotatable bonds is 5.